The summed E-state index contributed by atoms with van der Waals surface area (Å²) in [6.45, 7) is 7.52. The molecule has 1 N–H and O–H groups in total. The highest BCUT2D eigenvalue weighted by Crippen LogP contribution is 2.26. The molecular weight excluding hydrogens is 284 g/mol. The first-order valence-electron chi connectivity index (χ1n) is 7.85. The minimum absolute atomic E-state index is 0.0114. The fourth-order valence-electron chi connectivity index (χ4n) is 3.15. The zero-order valence-electron chi connectivity index (χ0n) is 13.1. The van der Waals surface area contributed by atoms with E-state index < -0.39 is 0 Å². The molecule has 1 aromatic heterocycles. The number of carbonyl (C=O) groups excluding carboxylic acids is 1. The van der Waals surface area contributed by atoms with Crippen molar-refractivity contribution in [2.45, 2.75) is 25.4 Å². The molecule has 0 aliphatic carbocycles. The number of amides is 1. The van der Waals surface area contributed by atoms with E-state index in [2.05, 4.69) is 15.3 Å². The normalized spacial score (nSPS) is 26.2. The number of aryl methyl sites for hydroxylation is 1. The second kappa shape index (κ2) is 6.76. The Balaban J connectivity index is 1.56. The van der Waals surface area contributed by atoms with Crippen LogP contribution in [0.3, 0.4) is 0 Å². The van der Waals surface area contributed by atoms with Crippen LogP contribution >= 0.6 is 0 Å². The van der Waals surface area contributed by atoms with Gasteiger partial charge in [-0.3, -0.25) is 14.4 Å². The lowest BCUT2D eigenvalue weighted by atomic mass is 9.95. The van der Waals surface area contributed by atoms with Crippen LogP contribution in [0.1, 0.15) is 12.1 Å². The number of ether oxygens (including phenoxy) is 2. The summed E-state index contributed by atoms with van der Waals surface area (Å²) < 4.78 is 12.7. The number of rotatable bonds is 5. The minimum Gasteiger partial charge on any atom is -0.379 e. The van der Waals surface area contributed by atoms with Crippen molar-refractivity contribution < 1.29 is 14.3 Å². The highest BCUT2D eigenvalue weighted by Gasteiger charge is 2.41. The van der Waals surface area contributed by atoms with E-state index in [9.17, 15) is 4.79 Å². The molecule has 1 aromatic rings. The molecule has 1 unspecified atom stereocenters. The summed E-state index contributed by atoms with van der Waals surface area (Å²) >= 11 is 0. The standard InChI is InChI=1S/C15H24N4O3/c1-13-2-4-19(17-13)10-14(20)16-11-15(3-7-22-12-15)18-5-8-21-9-6-18/h2,4H,3,5-12H2,1H3,(H,16,20). The maximum Gasteiger partial charge on any atom is 0.241 e. The molecule has 2 aliphatic rings. The predicted molar refractivity (Wildman–Crippen MR) is 80.5 cm³/mol. The number of nitrogens with one attached hydrogen (secondary N) is 1. The Kier molecular flexibility index (Phi) is 4.75. The van der Waals surface area contributed by atoms with E-state index in [0.29, 0.717) is 13.2 Å². The summed E-state index contributed by atoms with van der Waals surface area (Å²) in [7, 11) is 0. The molecule has 122 valence electrons. The van der Waals surface area contributed by atoms with Gasteiger partial charge >= 0.3 is 0 Å². The van der Waals surface area contributed by atoms with Crippen LogP contribution in [-0.4, -0.2) is 72.2 Å². The molecule has 3 rings (SSSR count). The summed E-state index contributed by atoms with van der Waals surface area (Å²) in [4.78, 5) is 14.6. The molecule has 7 nitrogen and oxygen atoms in total. The highest BCUT2D eigenvalue weighted by molar-refractivity contribution is 5.75. The maximum absolute atomic E-state index is 12.1. The van der Waals surface area contributed by atoms with Gasteiger partial charge < -0.3 is 14.8 Å². The van der Waals surface area contributed by atoms with Gasteiger partial charge in [0.15, 0.2) is 0 Å². The van der Waals surface area contributed by atoms with Crippen molar-refractivity contribution in [3.63, 3.8) is 0 Å². The first-order chi connectivity index (χ1) is 10.7. The molecule has 22 heavy (non-hydrogen) atoms. The van der Waals surface area contributed by atoms with Crippen LogP contribution in [0, 0.1) is 6.92 Å². The van der Waals surface area contributed by atoms with Gasteiger partial charge in [0.2, 0.25) is 5.91 Å². The second-order valence-electron chi connectivity index (χ2n) is 6.06. The number of morpholine rings is 1. The van der Waals surface area contributed by atoms with Crippen LogP contribution in [0.15, 0.2) is 12.3 Å². The molecule has 2 fully saturated rings. The topological polar surface area (TPSA) is 68.6 Å². The zero-order valence-corrected chi connectivity index (χ0v) is 13.1. The zero-order chi connectivity index (χ0) is 15.4. The van der Waals surface area contributed by atoms with Crippen molar-refractivity contribution in [2.75, 3.05) is 46.1 Å². The average molecular weight is 308 g/mol. The predicted octanol–water partition coefficient (Wildman–Crippen LogP) is -0.201. The Bertz CT molecular complexity index is 505. The number of nitrogens with zero attached hydrogens (tertiary/aromatic N) is 3. The number of carbonyl (C=O) groups is 1. The van der Waals surface area contributed by atoms with Gasteiger partial charge in [-0.1, -0.05) is 0 Å². The smallest absolute Gasteiger partial charge is 0.241 e. The lowest BCUT2D eigenvalue weighted by molar-refractivity contribution is -0.122. The fourth-order valence-corrected chi connectivity index (χ4v) is 3.15. The van der Waals surface area contributed by atoms with Crippen LogP contribution in [0.5, 0.6) is 0 Å². The maximum atomic E-state index is 12.1. The first kappa shape index (κ1) is 15.5. The van der Waals surface area contributed by atoms with Gasteiger partial charge in [-0.2, -0.15) is 5.10 Å². The summed E-state index contributed by atoms with van der Waals surface area (Å²) in [6.07, 6.45) is 2.78. The Hall–Kier alpha value is -1.44. The lowest BCUT2D eigenvalue weighted by Crippen LogP contribution is -2.59. The highest BCUT2D eigenvalue weighted by atomic mass is 16.5. The van der Waals surface area contributed by atoms with Crippen LogP contribution in [-0.2, 0) is 20.8 Å². The summed E-state index contributed by atoms with van der Waals surface area (Å²) in [6, 6.07) is 1.90. The molecule has 3 heterocycles. The molecule has 1 amide bonds. The van der Waals surface area contributed by atoms with Gasteiger partial charge in [0, 0.05) is 32.4 Å². The first-order valence-corrected chi connectivity index (χ1v) is 7.85. The van der Waals surface area contributed by atoms with Crippen molar-refractivity contribution >= 4 is 5.91 Å². The van der Waals surface area contributed by atoms with Crippen molar-refractivity contribution in [3.8, 4) is 0 Å². The van der Waals surface area contributed by atoms with Gasteiger partial charge in [-0.05, 0) is 19.4 Å². The Morgan fingerprint density at radius 1 is 1.36 bits per heavy atom. The number of hydrogen-bond acceptors (Lipinski definition) is 5. The van der Waals surface area contributed by atoms with Crippen LogP contribution in [0.25, 0.3) is 0 Å². The largest absolute Gasteiger partial charge is 0.379 e. The van der Waals surface area contributed by atoms with Gasteiger partial charge in [0.25, 0.3) is 0 Å². The van der Waals surface area contributed by atoms with E-state index in [1.165, 1.54) is 0 Å². The summed E-state index contributed by atoms with van der Waals surface area (Å²) in [5, 5.41) is 7.30. The van der Waals surface area contributed by atoms with Gasteiger partial charge in [-0.15, -0.1) is 0 Å². The van der Waals surface area contributed by atoms with Gasteiger partial charge in [0.1, 0.15) is 6.54 Å². The van der Waals surface area contributed by atoms with E-state index in [1.54, 1.807) is 4.68 Å². The third-order valence-corrected chi connectivity index (χ3v) is 4.46. The molecule has 0 radical (unpaired) electrons. The van der Waals surface area contributed by atoms with Crippen molar-refractivity contribution in [2.24, 2.45) is 0 Å². The van der Waals surface area contributed by atoms with Crippen molar-refractivity contribution in [3.05, 3.63) is 18.0 Å². The third-order valence-electron chi connectivity index (χ3n) is 4.46. The van der Waals surface area contributed by atoms with Crippen LogP contribution in [0.4, 0.5) is 0 Å². The SMILES string of the molecule is Cc1ccn(CC(=O)NCC2(N3CCOCC3)CCOC2)n1. The van der Waals surface area contributed by atoms with Crippen LogP contribution < -0.4 is 5.32 Å². The molecule has 0 aromatic carbocycles. The minimum atomic E-state index is -0.0839. The Morgan fingerprint density at radius 2 is 2.18 bits per heavy atom. The summed E-state index contributed by atoms with van der Waals surface area (Å²) in [5.41, 5.74) is 0.834. The van der Waals surface area contributed by atoms with Crippen LogP contribution in [0.2, 0.25) is 0 Å². The Labute approximate surface area is 130 Å². The monoisotopic (exact) mass is 308 g/mol. The molecule has 0 saturated carbocycles. The molecular formula is C15H24N4O3. The molecule has 1 atom stereocenters. The van der Waals surface area contributed by atoms with E-state index in [0.717, 1.165) is 45.0 Å². The van der Waals surface area contributed by atoms with Gasteiger partial charge in [0.05, 0.1) is 31.1 Å². The average Bonchev–Trinajstić information content (AvgIpc) is 3.16. The van der Waals surface area contributed by atoms with Gasteiger partial charge in [-0.25, -0.2) is 0 Å². The third kappa shape index (κ3) is 3.48. The number of aromatic nitrogens is 2. The fraction of sp³-hybridized carbons (Fsp3) is 0.733. The van der Waals surface area contributed by atoms with E-state index in [-0.39, 0.29) is 18.0 Å². The van der Waals surface area contributed by atoms with Crippen molar-refractivity contribution in [1.82, 2.24) is 20.0 Å². The molecule has 2 saturated heterocycles. The molecule has 0 bridgehead atoms. The summed E-state index contributed by atoms with van der Waals surface area (Å²) in [5.74, 6) is -0.0114. The Morgan fingerprint density at radius 3 is 2.82 bits per heavy atom. The number of hydrogen-bond donors (Lipinski definition) is 1. The quantitative estimate of drug-likeness (QED) is 0.816. The molecule has 2 aliphatic heterocycles. The molecule has 7 heteroatoms. The second-order valence-corrected chi connectivity index (χ2v) is 6.06. The van der Waals surface area contributed by atoms with Crippen molar-refractivity contribution in [1.29, 1.82) is 0 Å². The van der Waals surface area contributed by atoms with E-state index in [4.69, 9.17) is 9.47 Å². The molecule has 0 spiro atoms. The van der Waals surface area contributed by atoms with E-state index >= 15 is 0 Å². The van der Waals surface area contributed by atoms with E-state index in [1.807, 2.05) is 19.2 Å². The lowest BCUT2D eigenvalue weighted by Gasteiger charge is -2.42.